The van der Waals surface area contributed by atoms with Crippen LogP contribution in [0.1, 0.15) is 30.1 Å². The van der Waals surface area contributed by atoms with E-state index in [9.17, 15) is 14.7 Å². The number of rotatable bonds is 8. The van der Waals surface area contributed by atoms with E-state index in [1.807, 2.05) is 4.57 Å². The number of carbonyl (C=O) groups is 2. The van der Waals surface area contributed by atoms with Gasteiger partial charge in [-0.3, -0.25) is 14.2 Å². The smallest absolute Gasteiger partial charge is 0.221 e. The zero-order valence-corrected chi connectivity index (χ0v) is 18.5. The van der Waals surface area contributed by atoms with Crippen molar-refractivity contribution in [3.8, 4) is 17.1 Å². The van der Waals surface area contributed by atoms with E-state index >= 15 is 0 Å². The maximum Gasteiger partial charge on any atom is 0.221 e. The van der Waals surface area contributed by atoms with Gasteiger partial charge >= 0.3 is 0 Å². The standard InChI is InChI=1S/C23H24N4O4S/c1-15(28)24-18-8-4-16(5-9-18)21(30)14-32-23-26-25-22(17-6-10-19(29)11-7-17)27(23)13-20-3-2-12-31-20/h4-11,20,29H,2-3,12-14H2,1H3,(H,24,28)/t20-/m0/s1. The highest BCUT2D eigenvalue weighted by molar-refractivity contribution is 7.99. The Morgan fingerprint density at radius 1 is 1.16 bits per heavy atom. The molecule has 1 fully saturated rings. The van der Waals surface area contributed by atoms with Crippen molar-refractivity contribution in [3.05, 3.63) is 54.1 Å². The van der Waals surface area contributed by atoms with Crippen LogP contribution in [0.3, 0.4) is 0 Å². The summed E-state index contributed by atoms with van der Waals surface area (Å²) < 4.78 is 7.79. The molecule has 2 heterocycles. The normalized spacial score (nSPS) is 15.6. The molecule has 1 amide bonds. The Labute approximate surface area is 190 Å². The third-order valence-corrected chi connectivity index (χ3v) is 6.08. The number of phenols is 1. The van der Waals surface area contributed by atoms with Gasteiger partial charge in [-0.15, -0.1) is 10.2 Å². The first-order valence-electron chi connectivity index (χ1n) is 10.4. The molecule has 8 nitrogen and oxygen atoms in total. The molecule has 1 atom stereocenters. The molecule has 32 heavy (non-hydrogen) atoms. The van der Waals surface area contributed by atoms with E-state index in [2.05, 4.69) is 15.5 Å². The van der Waals surface area contributed by atoms with Crippen molar-refractivity contribution in [2.75, 3.05) is 17.7 Å². The first kappa shape index (κ1) is 22.0. The van der Waals surface area contributed by atoms with Crippen molar-refractivity contribution < 1.29 is 19.4 Å². The number of nitrogens with zero attached hydrogens (tertiary/aromatic N) is 3. The second kappa shape index (κ2) is 9.97. The van der Waals surface area contributed by atoms with Crippen LogP contribution in [-0.2, 0) is 16.1 Å². The van der Waals surface area contributed by atoms with Crippen molar-refractivity contribution in [1.82, 2.24) is 14.8 Å². The minimum absolute atomic E-state index is 0.0396. The molecular weight excluding hydrogens is 428 g/mol. The van der Waals surface area contributed by atoms with Crippen LogP contribution >= 0.6 is 11.8 Å². The third-order valence-electron chi connectivity index (χ3n) is 5.11. The number of ether oxygens (including phenoxy) is 1. The molecule has 0 saturated carbocycles. The Balaban J connectivity index is 1.50. The molecule has 0 unspecified atom stereocenters. The Bertz CT molecular complexity index is 1090. The van der Waals surface area contributed by atoms with Crippen molar-refractivity contribution in [1.29, 1.82) is 0 Å². The largest absolute Gasteiger partial charge is 0.508 e. The zero-order chi connectivity index (χ0) is 22.5. The van der Waals surface area contributed by atoms with Crippen LogP contribution in [0.5, 0.6) is 5.75 Å². The lowest BCUT2D eigenvalue weighted by atomic mass is 10.1. The monoisotopic (exact) mass is 452 g/mol. The van der Waals surface area contributed by atoms with Gasteiger partial charge in [0.2, 0.25) is 5.91 Å². The van der Waals surface area contributed by atoms with Gasteiger partial charge in [0.25, 0.3) is 0 Å². The Kier molecular flexibility index (Phi) is 6.87. The van der Waals surface area contributed by atoms with Gasteiger partial charge in [0.05, 0.1) is 18.4 Å². The number of anilines is 1. The number of aromatic nitrogens is 3. The fourth-order valence-corrected chi connectivity index (χ4v) is 4.37. The first-order valence-corrected chi connectivity index (χ1v) is 11.4. The number of aromatic hydroxyl groups is 1. The quantitative estimate of drug-likeness (QED) is 0.396. The summed E-state index contributed by atoms with van der Waals surface area (Å²) in [6.45, 7) is 2.79. The van der Waals surface area contributed by atoms with Crippen LogP contribution in [0, 0.1) is 0 Å². The molecule has 0 bridgehead atoms. The first-order chi connectivity index (χ1) is 15.5. The number of nitrogens with one attached hydrogen (secondary N) is 1. The van der Waals surface area contributed by atoms with Crippen molar-refractivity contribution in [2.24, 2.45) is 0 Å². The summed E-state index contributed by atoms with van der Waals surface area (Å²) in [5.74, 6) is 0.870. The molecule has 4 rings (SSSR count). The van der Waals surface area contributed by atoms with Crippen LogP contribution < -0.4 is 5.32 Å². The number of Topliss-reactive ketones (excluding diaryl/α,β-unsaturated/α-hetero) is 1. The highest BCUT2D eigenvalue weighted by Gasteiger charge is 2.22. The lowest BCUT2D eigenvalue weighted by Gasteiger charge is -2.14. The van der Waals surface area contributed by atoms with Gasteiger partial charge in [-0.2, -0.15) is 0 Å². The van der Waals surface area contributed by atoms with Gasteiger partial charge in [0.15, 0.2) is 16.8 Å². The zero-order valence-electron chi connectivity index (χ0n) is 17.7. The van der Waals surface area contributed by atoms with E-state index in [-0.39, 0.29) is 29.3 Å². The lowest BCUT2D eigenvalue weighted by molar-refractivity contribution is -0.114. The van der Waals surface area contributed by atoms with Gasteiger partial charge < -0.3 is 15.2 Å². The highest BCUT2D eigenvalue weighted by Crippen LogP contribution is 2.28. The molecular formula is C23H24N4O4S. The highest BCUT2D eigenvalue weighted by atomic mass is 32.2. The van der Waals surface area contributed by atoms with Crippen LogP contribution in [0.2, 0.25) is 0 Å². The SMILES string of the molecule is CC(=O)Nc1ccc(C(=O)CSc2nnc(-c3ccc(O)cc3)n2C[C@@H]2CCCO2)cc1. The van der Waals surface area contributed by atoms with Crippen LogP contribution in [0.4, 0.5) is 5.69 Å². The van der Waals surface area contributed by atoms with E-state index in [1.54, 1.807) is 48.5 Å². The summed E-state index contributed by atoms with van der Waals surface area (Å²) in [4.78, 5) is 23.9. The number of thioether (sulfide) groups is 1. The summed E-state index contributed by atoms with van der Waals surface area (Å²) in [6.07, 6.45) is 2.08. The van der Waals surface area contributed by atoms with Crippen molar-refractivity contribution in [2.45, 2.75) is 37.6 Å². The van der Waals surface area contributed by atoms with Crippen LogP contribution in [-0.4, -0.2) is 50.0 Å². The van der Waals surface area contributed by atoms with Gasteiger partial charge in [0, 0.05) is 30.3 Å². The molecule has 0 radical (unpaired) electrons. The van der Waals surface area contributed by atoms with Gasteiger partial charge in [-0.25, -0.2) is 0 Å². The van der Waals surface area contributed by atoms with Crippen molar-refractivity contribution in [3.63, 3.8) is 0 Å². The average Bonchev–Trinajstić information content (AvgIpc) is 3.43. The minimum Gasteiger partial charge on any atom is -0.508 e. The van der Waals surface area contributed by atoms with Crippen LogP contribution in [0.15, 0.2) is 53.7 Å². The van der Waals surface area contributed by atoms with E-state index in [0.29, 0.717) is 28.8 Å². The molecule has 166 valence electrons. The molecule has 2 aromatic carbocycles. The van der Waals surface area contributed by atoms with Gasteiger partial charge in [-0.05, 0) is 61.4 Å². The number of amides is 1. The number of benzene rings is 2. The lowest BCUT2D eigenvalue weighted by Crippen LogP contribution is -2.17. The fraction of sp³-hybridized carbons (Fsp3) is 0.304. The molecule has 1 aliphatic heterocycles. The van der Waals surface area contributed by atoms with Crippen molar-refractivity contribution >= 4 is 29.1 Å². The Hall–Kier alpha value is -3.17. The maximum atomic E-state index is 12.7. The van der Waals surface area contributed by atoms with Crippen LogP contribution in [0.25, 0.3) is 11.4 Å². The molecule has 3 aromatic rings. The number of phenolic OH excluding ortho intramolecular Hbond substituents is 1. The predicted octanol–water partition coefficient (Wildman–Crippen LogP) is 3.76. The summed E-state index contributed by atoms with van der Waals surface area (Å²) in [5.41, 5.74) is 2.05. The van der Waals surface area contributed by atoms with E-state index in [1.165, 1.54) is 18.7 Å². The molecule has 2 N–H and O–H groups in total. The Morgan fingerprint density at radius 3 is 2.56 bits per heavy atom. The third kappa shape index (κ3) is 5.35. The topological polar surface area (TPSA) is 106 Å². The number of hydrogen-bond acceptors (Lipinski definition) is 7. The van der Waals surface area contributed by atoms with Gasteiger partial charge in [-0.1, -0.05) is 11.8 Å². The second-order valence-electron chi connectivity index (χ2n) is 7.57. The number of ketones is 1. The van der Waals surface area contributed by atoms with E-state index in [0.717, 1.165) is 25.0 Å². The summed E-state index contributed by atoms with van der Waals surface area (Å²) in [7, 11) is 0. The summed E-state index contributed by atoms with van der Waals surface area (Å²) >= 11 is 1.33. The molecule has 1 aliphatic rings. The molecule has 1 saturated heterocycles. The minimum atomic E-state index is -0.158. The maximum absolute atomic E-state index is 12.7. The fourth-order valence-electron chi connectivity index (χ4n) is 3.53. The molecule has 0 spiro atoms. The van der Waals surface area contributed by atoms with E-state index < -0.39 is 0 Å². The molecule has 0 aliphatic carbocycles. The molecule has 1 aromatic heterocycles. The Morgan fingerprint density at radius 2 is 1.91 bits per heavy atom. The predicted molar refractivity (Wildman–Crippen MR) is 122 cm³/mol. The van der Waals surface area contributed by atoms with E-state index in [4.69, 9.17) is 4.74 Å². The second-order valence-corrected chi connectivity index (χ2v) is 8.51. The summed E-state index contributed by atoms with van der Waals surface area (Å²) in [5, 5.41) is 21.6. The van der Waals surface area contributed by atoms with Gasteiger partial charge in [0.1, 0.15) is 5.75 Å². The molecule has 9 heteroatoms. The number of carbonyl (C=O) groups excluding carboxylic acids is 2. The number of hydrogen-bond donors (Lipinski definition) is 2. The summed E-state index contributed by atoms with van der Waals surface area (Å²) in [6, 6.07) is 13.6. The average molecular weight is 453 g/mol.